The molecule has 0 radical (unpaired) electrons. The number of allylic oxidation sites excluding steroid dienone is 2. The van der Waals surface area contributed by atoms with Crippen LogP contribution < -0.4 is 10.9 Å². The van der Waals surface area contributed by atoms with Crippen molar-refractivity contribution in [3.8, 4) is 0 Å². The molecule has 1 aliphatic heterocycles. The van der Waals surface area contributed by atoms with E-state index in [1.165, 1.54) is 26.1 Å². The van der Waals surface area contributed by atoms with Crippen LogP contribution in [0.25, 0.3) is 0 Å². The average molecular weight is 393 g/mol. The summed E-state index contributed by atoms with van der Waals surface area (Å²) in [4.78, 5) is 37.1. The molecule has 1 aromatic heterocycles. The Balaban J connectivity index is 2.40. The maximum Gasteiger partial charge on any atom is 0.416 e. The van der Waals surface area contributed by atoms with Gasteiger partial charge in [-0.15, -0.1) is 0 Å². The Labute approximate surface area is 156 Å². The van der Waals surface area contributed by atoms with Crippen LogP contribution in [0.15, 0.2) is 46.5 Å². The lowest BCUT2D eigenvalue weighted by atomic mass is 9.78. The van der Waals surface area contributed by atoms with E-state index in [1.807, 2.05) is 0 Å². The number of alkyl halides is 3. The highest BCUT2D eigenvalue weighted by atomic mass is 19.4. The molecule has 1 atom stereocenters. The predicted molar refractivity (Wildman–Crippen MR) is 94.0 cm³/mol. The minimum atomic E-state index is -4.93. The molecular formula is C18H14F3N3O4. The van der Waals surface area contributed by atoms with Crippen molar-refractivity contribution < 1.29 is 22.9 Å². The monoisotopic (exact) mass is 393 g/mol. The van der Waals surface area contributed by atoms with Gasteiger partial charge in [-0.1, -0.05) is 6.07 Å². The van der Waals surface area contributed by atoms with Crippen LogP contribution in [-0.2, 0) is 11.0 Å². The van der Waals surface area contributed by atoms with Gasteiger partial charge < -0.3 is 10.3 Å². The number of hydrogen-bond acceptors (Lipinski definition) is 5. The lowest BCUT2D eigenvalue weighted by Crippen LogP contribution is -2.29. The Morgan fingerprint density at radius 2 is 1.93 bits per heavy atom. The summed E-state index contributed by atoms with van der Waals surface area (Å²) in [6.45, 7) is 2.71. The lowest BCUT2D eigenvalue weighted by molar-refractivity contribution is -0.385. The molecule has 1 unspecified atom stereocenters. The zero-order chi connectivity index (χ0) is 20.8. The van der Waals surface area contributed by atoms with Crippen LogP contribution in [-0.4, -0.2) is 15.7 Å². The molecule has 0 saturated carbocycles. The number of pyridine rings is 1. The third kappa shape index (κ3) is 3.17. The third-order valence-electron chi connectivity index (χ3n) is 4.55. The summed E-state index contributed by atoms with van der Waals surface area (Å²) in [5.41, 5.74) is -2.56. The van der Waals surface area contributed by atoms with Gasteiger partial charge in [0.2, 0.25) is 0 Å². The number of nitro benzene ring substituents is 1. The van der Waals surface area contributed by atoms with Gasteiger partial charge in [0.1, 0.15) is 0 Å². The second-order valence-corrected chi connectivity index (χ2v) is 6.31. The number of nitrogens with one attached hydrogen (secondary N) is 2. The minimum absolute atomic E-state index is 0.0106. The number of aromatic nitrogens is 1. The van der Waals surface area contributed by atoms with E-state index in [-0.39, 0.29) is 16.8 Å². The molecule has 0 saturated heterocycles. The van der Waals surface area contributed by atoms with Gasteiger partial charge in [0.05, 0.1) is 16.1 Å². The fourth-order valence-corrected chi connectivity index (χ4v) is 3.45. The number of nitrogens with zero attached hydrogens (tertiary/aromatic N) is 1. The first-order valence-electron chi connectivity index (χ1n) is 8.08. The first kappa shape index (κ1) is 19.3. The van der Waals surface area contributed by atoms with Crippen molar-refractivity contribution in [3.63, 3.8) is 0 Å². The standard InChI is InChI=1S/C18H14F3N3O4/c1-8-14(9(2)25)15(16-13(23-8)5-6-22-17(16)26)11-4-3-10(24(27)28)7-12(11)18(19,20)21/h3-7,15,23H,1-2H3,(H,22,26). The number of ketones is 1. The van der Waals surface area contributed by atoms with Gasteiger partial charge in [-0.25, -0.2) is 0 Å². The number of non-ortho nitro benzene ring substituents is 1. The maximum atomic E-state index is 13.7. The van der Waals surface area contributed by atoms with Gasteiger partial charge in [-0.05, 0) is 25.5 Å². The quantitative estimate of drug-likeness (QED) is 0.611. The van der Waals surface area contributed by atoms with Gasteiger partial charge in [0.25, 0.3) is 11.2 Å². The van der Waals surface area contributed by atoms with E-state index >= 15 is 0 Å². The number of benzene rings is 1. The van der Waals surface area contributed by atoms with Crippen molar-refractivity contribution in [2.45, 2.75) is 25.9 Å². The molecular weight excluding hydrogens is 379 g/mol. The van der Waals surface area contributed by atoms with Crippen LogP contribution in [0.2, 0.25) is 0 Å². The molecule has 0 fully saturated rings. The normalized spacial score (nSPS) is 16.4. The average Bonchev–Trinajstić information content (AvgIpc) is 2.59. The number of fused-ring (bicyclic) bond motifs is 1. The molecule has 0 bridgehead atoms. The van der Waals surface area contributed by atoms with Crippen LogP contribution >= 0.6 is 0 Å². The van der Waals surface area contributed by atoms with Crippen LogP contribution in [0, 0.1) is 10.1 Å². The number of Topliss-reactive ketones (excluding diaryl/α,β-unsaturated/α-hetero) is 1. The highest BCUT2D eigenvalue weighted by molar-refractivity contribution is 5.98. The molecule has 7 nitrogen and oxygen atoms in total. The van der Waals surface area contributed by atoms with Crippen molar-refractivity contribution in [1.29, 1.82) is 0 Å². The van der Waals surface area contributed by atoms with Gasteiger partial charge in [-0.3, -0.25) is 19.7 Å². The largest absolute Gasteiger partial charge is 0.416 e. The van der Waals surface area contributed by atoms with E-state index in [0.29, 0.717) is 11.8 Å². The predicted octanol–water partition coefficient (Wildman–Crippen LogP) is 3.72. The van der Waals surface area contributed by atoms with Crippen LogP contribution in [0.5, 0.6) is 0 Å². The number of H-pyrrole nitrogens is 1. The van der Waals surface area contributed by atoms with E-state index in [9.17, 15) is 32.9 Å². The molecule has 2 heterocycles. The summed E-state index contributed by atoms with van der Waals surface area (Å²) in [6.07, 6.45) is -3.60. The van der Waals surface area contributed by atoms with Gasteiger partial charge >= 0.3 is 6.18 Å². The Morgan fingerprint density at radius 1 is 1.25 bits per heavy atom. The molecule has 10 heteroatoms. The molecule has 0 aliphatic carbocycles. The van der Waals surface area contributed by atoms with E-state index < -0.39 is 45.2 Å². The molecule has 0 spiro atoms. The fraction of sp³-hybridized carbons (Fsp3) is 0.222. The number of halogens is 3. The smallest absolute Gasteiger partial charge is 0.358 e. The number of hydrogen-bond donors (Lipinski definition) is 2. The van der Waals surface area contributed by atoms with E-state index in [1.54, 1.807) is 0 Å². The molecule has 3 rings (SSSR count). The topological polar surface area (TPSA) is 105 Å². The molecule has 2 aromatic rings. The molecule has 28 heavy (non-hydrogen) atoms. The van der Waals surface area contributed by atoms with Crippen LogP contribution in [0.1, 0.15) is 36.5 Å². The highest BCUT2D eigenvalue weighted by Crippen LogP contribution is 2.45. The summed E-state index contributed by atoms with van der Waals surface area (Å²) in [5.74, 6) is -1.84. The number of nitro groups is 1. The first-order chi connectivity index (χ1) is 13.0. The summed E-state index contributed by atoms with van der Waals surface area (Å²) < 4.78 is 41.2. The molecule has 1 aromatic carbocycles. The van der Waals surface area contributed by atoms with Gasteiger partial charge in [0, 0.05) is 41.2 Å². The van der Waals surface area contributed by atoms with Crippen molar-refractivity contribution in [3.05, 3.63) is 78.9 Å². The molecule has 0 amide bonds. The van der Waals surface area contributed by atoms with E-state index in [2.05, 4.69) is 10.3 Å². The van der Waals surface area contributed by atoms with Crippen molar-refractivity contribution in [2.75, 3.05) is 5.32 Å². The zero-order valence-corrected chi connectivity index (χ0v) is 14.7. The second kappa shape index (κ2) is 6.63. The Kier molecular flexibility index (Phi) is 4.58. The van der Waals surface area contributed by atoms with Crippen molar-refractivity contribution >= 4 is 17.2 Å². The molecule has 2 N–H and O–H groups in total. The number of rotatable bonds is 3. The Hall–Kier alpha value is -3.43. The van der Waals surface area contributed by atoms with Crippen LogP contribution in [0.3, 0.4) is 0 Å². The van der Waals surface area contributed by atoms with Crippen LogP contribution in [0.4, 0.5) is 24.5 Å². The first-order valence-corrected chi connectivity index (χ1v) is 8.08. The third-order valence-corrected chi connectivity index (χ3v) is 4.55. The second-order valence-electron chi connectivity index (χ2n) is 6.31. The number of carbonyl (C=O) groups is 1. The molecule has 1 aliphatic rings. The zero-order valence-electron chi connectivity index (χ0n) is 14.7. The number of carbonyl (C=O) groups excluding carboxylic acids is 1. The Bertz CT molecular complexity index is 1090. The minimum Gasteiger partial charge on any atom is -0.358 e. The van der Waals surface area contributed by atoms with Crippen molar-refractivity contribution in [1.82, 2.24) is 4.98 Å². The maximum absolute atomic E-state index is 13.7. The van der Waals surface area contributed by atoms with E-state index in [0.717, 1.165) is 12.1 Å². The van der Waals surface area contributed by atoms with Gasteiger partial charge in [0.15, 0.2) is 5.78 Å². The Morgan fingerprint density at radius 3 is 2.50 bits per heavy atom. The SMILES string of the molecule is CC(=O)C1=C(C)Nc2cc[nH]c(=O)c2C1c1ccc([N+](=O)[O-])cc1C(F)(F)F. The summed E-state index contributed by atoms with van der Waals surface area (Å²) >= 11 is 0. The fourth-order valence-electron chi connectivity index (χ4n) is 3.45. The highest BCUT2D eigenvalue weighted by Gasteiger charge is 2.41. The summed E-state index contributed by atoms with van der Waals surface area (Å²) in [7, 11) is 0. The number of anilines is 1. The number of aromatic amines is 1. The summed E-state index contributed by atoms with van der Waals surface area (Å²) in [5, 5.41) is 13.8. The lowest BCUT2D eigenvalue weighted by Gasteiger charge is -2.30. The van der Waals surface area contributed by atoms with E-state index in [4.69, 9.17) is 0 Å². The van der Waals surface area contributed by atoms with Crippen molar-refractivity contribution in [2.24, 2.45) is 0 Å². The molecule has 146 valence electrons. The summed E-state index contributed by atoms with van der Waals surface area (Å²) in [6, 6.07) is 3.77. The van der Waals surface area contributed by atoms with Gasteiger partial charge in [-0.2, -0.15) is 13.2 Å².